The van der Waals surface area contributed by atoms with Crippen LogP contribution in [0.4, 0.5) is 0 Å². The van der Waals surface area contributed by atoms with Crippen LogP contribution in [-0.4, -0.2) is 71.3 Å². The van der Waals surface area contributed by atoms with Crippen LogP contribution in [0.5, 0.6) is 0 Å². The van der Waals surface area contributed by atoms with E-state index in [0.717, 1.165) is 39.1 Å². The van der Waals surface area contributed by atoms with Crippen molar-refractivity contribution in [1.82, 2.24) is 20.0 Å². The highest BCUT2D eigenvalue weighted by atomic mass is 16.5. The molecule has 0 aromatic carbocycles. The number of nitrogens with zero attached hydrogens (tertiary/aromatic N) is 4. The first-order chi connectivity index (χ1) is 11.5. The average Bonchev–Trinajstić information content (AvgIpc) is 2.94. The third kappa shape index (κ3) is 3.44. The normalized spacial score (nSPS) is 24.0. The summed E-state index contributed by atoms with van der Waals surface area (Å²) in [6, 6.07) is 2.78. The quantitative estimate of drug-likeness (QED) is 0.842. The van der Waals surface area contributed by atoms with Crippen molar-refractivity contribution in [2.45, 2.75) is 45.2 Å². The molecule has 2 aliphatic rings. The van der Waals surface area contributed by atoms with E-state index in [1.807, 2.05) is 4.90 Å². The van der Waals surface area contributed by atoms with E-state index < -0.39 is 0 Å². The molecule has 2 aliphatic heterocycles. The van der Waals surface area contributed by atoms with Gasteiger partial charge in [-0.2, -0.15) is 10.2 Å². The molecule has 3 heterocycles. The van der Waals surface area contributed by atoms with Crippen LogP contribution >= 0.6 is 0 Å². The van der Waals surface area contributed by atoms with Gasteiger partial charge in [0.25, 0.3) is 5.91 Å². The fourth-order valence-electron chi connectivity index (χ4n) is 4.30. The van der Waals surface area contributed by atoms with E-state index in [4.69, 9.17) is 4.74 Å². The Labute approximate surface area is 144 Å². The number of rotatable bonds is 4. The first-order valence-electron chi connectivity index (χ1n) is 8.85. The van der Waals surface area contributed by atoms with Gasteiger partial charge in [0.05, 0.1) is 24.6 Å². The predicted molar refractivity (Wildman–Crippen MR) is 91.7 cm³/mol. The van der Waals surface area contributed by atoms with Crippen LogP contribution in [0.3, 0.4) is 0 Å². The fourth-order valence-corrected chi connectivity index (χ4v) is 4.30. The molecule has 6 nitrogen and oxygen atoms in total. The molecule has 3 rings (SSSR count). The molecule has 1 aromatic rings. The fraction of sp³-hybridized carbons (Fsp3) is 0.722. The summed E-state index contributed by atoms with van der Waals surface area (Å²) in [5, 5.41) is 7.56. The molecular formula is C18H28N4O2. The van der Waals surface area contributed by atoms with Crippen molar-refractivity contribution in [3.05, 3.63) is 24.0 Å². The molecule has 1 atom stereocenters. The lowest BCUT2D eigenvalue weighted by atomic mass is 9.76. The van der Waals surface area contributed by atoms with E-state index in [1.54, 1.807) is 25.6 Å². The van der Waals surface area contributed by atoms with Crippen LogP contribution in [0.1, 0.15) is 43.5 Å². The van der Waals surface area contributed by atoms with Gasteiger partial charge in [-0.25, -0.2) is 0 Å². The molecule has 0 bridgehead atoms. The number of hydrogen-bond acceptors (Lipinski definition) is 5. The molecule has 132 valence electrons. The largest absolute Gasteiger partial charge is 0.383 e. The summed E-state index contributed by atoms with van der Waals surface area (Å²) >= 11 is 0. The van der Waals surface area contributed by atoms with Crippen LogP contribution in [-0.2, 0) is 4.74 Å². The number of carbonyl (C=O) groups excluding carboxylic acids is 1. The Hall–Kier alpha value is -1.53. The van der Waals surface area contributed by atoms with Crippen molar-refractivity contribution >= 4 is 5.91 Å². The second-order valence-electron chi connectivity index (χ2n) is 7.50. The van der Waals surface area contributed by atoms with Crippen LogP contribution in [0, 0.1) is 5.41 Å². The Bertz CT molecular complexity index is 555. The monoisotopic (exact) mass is 332 g/mol. The third-order valence-corrected chi connectivity index (χ3v) is 5.62. The molecule has 6 heteroatoms. The highest BCUT2D eigenvalue weighted by Gasteiger charge is 2.46. The van der Waals surface area contributed by atoms with E-state index in [2.05, 4.69) is 28.9 Å². The maximum absolute atomic E-state index is 12.6. The molecule has 2 saturated heterocycles. The maximum atomic E-state index is 12.6. The van der Waals surface area contributed by atoms with Crippen LogP contribution in [0.15, 0.2) is 18.5 Å². The number of aromatic nitrogens is 2. The van der Waals surface area contributed by atoms with Crippen molar-refractivity contribution in [2.24, 2.45) is 5.41 Å². The molecule has 1 unspecified atom stereocenters. The minimum absolute atomic E-state index is 0.0758. The van der Waals surface area contributed by atoms with Crippen LogP contribution < -0.4 is 0 Å². The summed E-state index contributed by atoms with van der Waals surface area (Å²) in [6.07, 6.45) is 6.45. The zero-order valence-corrected chi connectivity index (χ0v) is 14.9. The summed E-state index contributed by atoms with van der Waals surface area (Å²) in [5.41, 5.74) is 0.967. The molecule has 0 aliphatic carbocycles. The van der Waals surface area contributed by atoms with Crippen molar-refractivity contribution in [2.75, 3.05) is 33.4 Å². The lowest BCUT2D eigenvalue weighted by Gasteiger charge is -2.39. The minimum atomic E-state index is 0.0758. The average molecular weight is 332 g/mol. The van der Waals surface area contributed by atoms with Gasteiger partial charge in [-0.1, -0.05) is 0 Å². The van der Waals surface area contributed by atoms with Gasteiger partial charge in [0.1, 0.15) is 0 Å². The first-order valence-corrected chi connectivity index (χ1v) is 8.85. The number of hydrogen-bond donors (Lipinski definition) is 0. The Balaban J connectivity index is 1.63. The molecule has 0 radical (unpaired) electrons. The lowest BCUT2D eigenvalue weighted by Crippen LogP contribution is -2.44. The predicted octanol–water partition coefficient (Wildman–Crippen LogP) is 1.83. The van der Waals surface area contributed by atoms with Crippen molar-refractivity contribution in [1.29, 1.82) is 0 Å². The smallest absolute Gasteiger partial charge is 0.255 e. The number of methoxy groups -OCH3 is 1. The minimum Gasteiger partial charge on any atom is -0.383 e. The van der Waals surface area contributed by atoms with Gasteiger partial charge in [-0.3, -0.25) is 9.69 Å². The molecule has 0 saturated carbocycles. The summed E-state index contributed by atoms with van der Waals surface area (Å²) in [5.74, 6) is 0.0758. The number of amides is 1. The van der Waals surface area contributed by atoms with Crippen molar-refractivity contribution in [3.63, 3.8) is 0 Å². The SMILES string of the molecule is COCC1CC2(CCN(C(=O)c3ccnnc3)CC2)CN1C(C)C. The molecule has 1 aromatic heterocycles. The molecule has 0 N–H and O–H groups in total. The van der Waals surface area contributed by atoms with Gasteiger partial charge in [-0.15, -0.1) is 0 Å². The Morgan fingerprint density at radius 1 is 1.38 bits per heavy atom. The Morgan fingerprint density at radius 2 is 2.12 bits per heavy atom. The number of ether oxygens (including phenoxy) is 1. The number of piperidine rings is 1. The molecule has 24 heavy (non-hydrogen) atoms. The molecular weight excluding hydrogens is 304 g/mol. The molecule has 1 spiro atoms. The van der Waals surface area contributed by atoms with E-state index in [1.165, 1.54) is 6.42 Å². The van der Waals surface area contributed by atoms with Crippen molar-refractivity contribution in [3.8, 4) is 0 Å². The van der Waals surface area contributed by atoms with E-state index >= 15 is 0 Å². The standard InChI is InChI=1S/C18H28N4O2/c1-14(2)22-13-18(10-16(22)12-24-3)5-8-21(9-6-18)17(23)15-4-7-19-20-11-15/h4,7,11,14,16H,5-6,8-10,12-13H2,1-3H3. The first kappa shape index (κ1) is 17.3. The number of carbonyl (C=O) groups is 1. The zero-order chi connectivity index (χ0) is 17.2. The highest BCUT2D eigenvalue weighted by molar-refractivity contribution is 5.93. The van der Waals surface area contributed by atoms with Crippen LogP contribution in [0.2, 0.25) is 0 Å². The lowest BCUT2D eigenvalue weighted by molar-refractivity contribution is 0.0581. The highest BCUT2D eigenvalue weighted by Crippen LogP contribution is 2.44. The number of likely N-dealkylation sites (tertiary alicyclic amines) is 2. The molecule has 2 fully saturated rings. The third-order valence-electron chi connectivity index (χ3n) is 5.62. The topological polar surface area (TPSA) is 58.6 Å². The van der Waals surface area contributed by atoms with Crippen LogP contribution in [0.25, 0.3) is 0 Å². The van der Waals surface area contributed by atoms with Gasteiger partial charge >= 0.3 is 0 Å². The summed E-state index contributed by atoms with van der Waals surface area (Å²) < 4.78 is 5.44. The van der Waals surface area contributed by atoms with E-state index in [0.29, 0.717) is 23.1 Å². The van der Waals surface area contributed by atoms with Gasteiger partial charge in [-0.05, 0) is 44.6 Å². The van der Waals surface area contributed by atoms with Crippen molar-refractivity contribution < 1.29 is 9.53 Å². The Morgan fingerprint density at radius 3 is 2.71 bits per heavy atom. The summed E-state index contributed by atoms with van der Waals surface area (Å²) in [6.45, 7) is 8.09. The Kier molecular flexibility index (Phi) is 5.15. The zero-order valence-electron chi connectivity index (χ0n) is 14.9. The summed E-state index contributed by atoms with van der Waals surface area (Å²) in [7, 11) is 1.79. The summed E-state index contributed by atoms with van der Waals surface area (Å²) in [4.78, 5) is 17.1. The second-order valence-corrected chi connectivity index (χ2v) is 7.50. The van der Waals surface area contributed by atoms with Gasteiger partial charge in [0.15, 0.2) is 0 Å². The van der Waals surface area contributed by atoms with E-state index in [-0.39, 0.29) is 5.91 Å². The van der Waals surface area contributed by atoms with Gasteiger partial charge in [0.2, 0.25) is 0 Å². The van der Waals surface area contributed by atoms with Gasteiger partial charge < -0.3 is 9.64 Å². The van der Waals surface area contributed by atoms with E-state index in [9.17, 15) is 4.79 Å². The second kappa shape index (κ2) is 7.15. The van der Waals surface area contributed by atoms with Gasteiger partial charge in [0, 0.05) is 38.8 Å². The maximum Gasteiger partial charge on any atom is 0.255 e. The molecule has 1 amide bonds.